The van der Waals surface area contributed by atoms with Crippen LogP contribution in [0.15, 0.2) is 46.1 Å². The molecule has 2 rings (SSSR count). The molecule has 3 nitrogen and oxygen atoms in total. The molecule has 1 unspecified atom stereocenters. The Bertz CT molecular complexity index is 284. The molecule has 56 valence electrons. The van der Waals surface area contributed by atoms with Crippen LogP contribution in [-0.4, -0.2) is 0 Å². The van der Waals surface area contributed by atoms with Gasteiger partial charge in [-0.1, -0.05) is 12.2 Å². The van der Waals surface area contributed by atoms with E-state index in [0.29, 0.717) is 11.7 Å². The van der Waals surface area contributed by atoms with Crippen LogP contribution in [-0.2, 0) is 0 Å². The van der Waals surface area contributed by atoms with Crippen molar-refractivity contribution in [3.63, 3.8) is 0 Å². The Balaban J connectivity index is 2.33. The summed E-state index contributed by atoms with van der Waals surface area (Å²) in [5.74, 6) is 0.889. The van der Waals surface area contributed by atoms with Crippen molar-refractivity contribution in [1.82, 2.24) is 0 Å². The number of nitrogens with two attached hydrogens (primary N) is 1. The van der Waals surface area contributed by atoms with Gasteiger partial charge in [0.2, 0.25) is 0 Å². The smallest absolute Gasteiger partial charge is 0.142 e. The quantitative estimate of drug-likeness (QED) is 0.557. The van der Waals surface area contributed by atoms with Crippen LogP contribution in [0, 0.1) is 5.92 Å². The molecule has 11 heavy (non-hydrogen) atoms. The standard InChI is InChI=1S/C8H9N3/c9-8-5-6-3-1-2-4-7(6)10-11-8/h1-2,4-6H,3,9H2. The van der Waals surface area contributed by atoms with Crippen molar-refractivity contribution in [2.24, 2.45) is 21.9 Å². The van der Waals surface area contributed by atoms with Crippen molar-refractivity contribution < 1.29 is 0 Å². The summed E-state index contributed by atoms with van der Waals surface area (Å²) in [4.78, 5) is 0. The Morgan fingerprint density at radius 2 is 2.36 bits per heavy atom. The summed E-state index contributed by atoms with van der Waals surface area (Å²) in [5, 5.41) is 7.75. The zero-order valence-corrected chi connectivity index (χ0v) is 6.07. The van der Waals surface area contributed by atoms with E-state index in [0.717, 1.165) is 12.1 Å². The molecule has 0 saturated heterocycles. The lowest BCUT2D eigenvalue weighted by atomic mass is 9.96. The predicted molar refractivity (Wildman–Crippen MR) is 42.5 cm³/mol. The molecular formula is C8H9N3. The van der Waals surface area contributed by atoms with E-state index in [4.69, 9.17) is 5.73 Å². The summed E-state index contributed by atoms with van der Waals surface area (Å²) in [7, 11) is 0. The number of azo groups is 1. The van der Waals surface area contributed by atoms with Crippen LogP contribution in [0.2, 0.25) is 0 Å². The second kappa shape index (κ2) is 2.34. The number of hydrogen-bond acceptors (Lipinski definition) is 3. The minimum atomic E-state index is 0.359. The summed E-state index contributed by atoms with van der Waals surface area (Å²) in [6.45, 7) is 0. The highest BCUT2D eigenvalue weighted by Crippen LogP contribution is 2.27. The SMILES string of the molecule is NC1=CC2CC=CC=C2N=N1. The van der Waals surface area contributed by atoms with Gasteiger partial charge in [0.05, 0.1) is 5.70 Å². The summed E-state index contributed by atoms with van der Waals surface area (Å²) in [5.41, 5.74) is 6.51. The lowest BCUT2D eigenvalue weighted by Gasteiger charge is -2.16. The molecule has 1 aliphatic heterocycles. The number of hydrogen-bond donors (Lipinski definition) is 1. The second-order valence-electron chi connectivity index (χ2n) is 2.65. The second-order valence-corrected chi connectivity index (χ2v) is 2.65. The molecule has 0 fully saturated rings. The fraction of sp³-hybridized carbons (Fsp3) is 0.250. The molecule has 1 aliphatic carbocycles. The van der Waals surface area contributed by atoms with E-state index in [-0.39, 0.29) is 0 Å². The minimum Gasteiger partial charge on any atom is -0.382 e. The molecule has 1 heterocycles. The van der Waals surface area contributed by atoms with Gasteiger partial charge >= 0.3 is 0 Å². The monoisotopic (exact) mass is 147 g/mol. The van der Waals surface area contributed by atoms with E-state index >= 15 is 0 Å². The van der Waals surface area contributed by atoms with Gasteiger partial charge in [0.15, 0.2) is 0 Å². The van der Waals surface area contributed by atoms with Crippen molar-refractivity contribution >= 4 is 0 Å². The normalized spacial score (nSPS) is 27.5. The maximum atomic E-state index is 5.49. The Morgan fingerprint density at radius 3 is 3.27 bits per heavy atom. The van der Waals surface area contributed by atoms with Gasteiger partial charge in [-0.2, -0.15) is 5.11 Å². The van der Waals surface area contributed by atoms with Crippen LogP contribution >= 0.6 is 0 Å². The van der Waals surface area contributed by atoms with Gasteiger partial charge in [-0.3, -0.25) is 0 Å². The van der Waals surface area contributed by atoms with Gasteiger partial charge in [-0.25, -0.2) is 0 Å². The van der Waals surface area contributed by atoms with Crippen LogP contribution in [0.5, 0.6) is 0 Å². The largest absolute Gasteiger partial charge is 0.382 e. The third-order valence-electron chi connectivity index (χ3n) is 1.83. The molecule has 0 bridgehead atoms. The van der Waals surface area contributed by atoms with Crippen LogP contribution < -0.4 is 5.73 Å². The molecule has 0 aromatic carbocycles. The highest BCUT2D eigenvalue weighted by Gasteiger charge is 2.15. The van der Waals surface area contributed by atoms with Crippen molar-refractivity contribution in [2.45, 2.75) is 6.42 Å². The fourth-order valence-corrected chi connectivity index (χ4v) is 1.25. The zero-order valence-electron chi connectivity index (χ0n) is 6.07. The van der Waals surface area contributed by atoms with Gasteiger partial charge in [0, 0.05) is 5.92 Å². The average Bonchev–Trinajstić information content (AvgIpc) is 2.04. The van der Waals surface area contributed by atoms with Crippen LogP contribution in [0.25, 0.3) is 0 Å². The number of allylic oxidation sites excluding steroid dienone is 4. The van der Waals surface area contributed by atoms with E-state index in [1.54, 1.807) is 0 Å². The average molecular weight is 147 g/mol. The van der Waals surface area contributed by atoms with Crippen molar-refractivity contribution in [3.05, 3.63) is 35.8 Å². The van der Waals surface area contributed by atoms with Gasteiger partial charge in [0.25, 0.3) is 0 Å². The van der Waals surface area contributed by atoms with Crippen molar-refractivity contribution in [1.29, 1.82) is 0 Å². The van der Waals surface area contributed by atoms with Gasteiger partial charge in [0.1, 0.15) is 5.82 Å². The topological polar surface area (TPSA) is 50.7 Å². The third-order valence-corrected chi connectivity index (χ3v) is 1.83. The van der Waals surface area contributed by atoms with Crippen LogP contribution in [0.4, 0.5) is 0 Å². The lowest BCUT2D eigenvalue weighted by molar-refractivity contribution is 0.701. The molecule has 0 amide bonds. The summed E-state index contributed by atoms with van der Waals surface area (Å²) in [6.07, 6.45) is 9.02. The molecule has 0 aromatic rings. The first-order valence-corrected chi connectivity index (χ1v) is 3.62. The molecule has 0 saturated carbocycles. The molecule has 0 spiro atoms. The van der Waals surface area contributed by atoms with Gasteiger partial charge in [-0.05, 0) is 18.6 Å². The van der Waals surface area contributed by atoms with E-state index in [1.165, 1.54) is 0 Å². The zero-order chi connectivity index (χ0) is 7.68. The molecule has 0 radical (unpaired) electrons. The molecule has 2 aliphatic rings. The molecule has 3 heteroatoms. The van der Waals surface area contributed by atoms with Crippen LogP contribution in [0.3, 0.4) is 0 Å². The highest BCUT2D eigenvalue weighted by molar-refractivity contribution is 5.26. The predicted octanol–water partition coefficient (Wildman–Crippen LogP) is 1.71. The Kier molecular flexibility index (Phi) is 1.35. The lowest BCUT2D eigenvalue weighted by Crippen LogP contribution is -2.08. The van der Waals surface area contributed by atoms with E-state index in [9.17, 15) is 0 Å². The molecular weight excluding hydrogens is 138 g/mol. The molecule has 1 atom stereocenters. The Morgan fingerprint density at radius 1 is 1.45 bits per heavy atom. The molecule has 0 aromatic heterocycles. The fourth-order valence-electron chi connectivity index (χ4n) is 1.25. The van der Waals surface area contributed by atoms with E-state index < -0.39 is 0 Å². The van der Waals surface area contributed by atoms with Gasteiger partial charge in [-0.15, -0.1) is 5.11 Å². The van der Waals surface area contributed by atoms with E-state index in [2.05, 4.69) is 16.3 Å². The van der Waals surface area contributed by atoms with Crippen LogP contribution in [0.1, 0.15) is 6.42 Å². The van der Waals surface area contributed by atoms with Gasteiger partial charge < -0.3 is 5.73 Å². The minimum absolute atomic E-state index is 0.359. The summed E-state index contributed by atoms with van der Waals surface area (Å²) in [6, 6.07) is 0. The van der Waals surface area contributed by atoms with Crippen molar-refractivity contribution in [3.8, 4) is 0 Å². The Hall–Kier alpha value is -1.38. The first-order chi connectivity index (χ1) is 5.36. The highest BCUT2D eigenvalue weighted by atomic mass is 15.2. The first kappa shape index (κ1) is 6.34. The first-order valence-electron chi connectivity index (χ1n) is 3.62. The van der Waals surface area contributed by atoms with Crippen molar-refractivity contribution in [2.75, 3.05) is 0 Å². The molecule has 2 N–H and O–H groups in total. The number of nitrogens with zero attached hydrogens (tertiary/aromatic N) is 2. The third kappa shape index (κ3) is 1.09. The number of rotatable bonds is 0. The summed E-state index contributed by atoms with van der Waals surface area (Å²) >= 11 is 0. The maximum absolute atomic E-state index is 5.49. The van der Waals surface area contributed by atoms with E-state index in [1.807, 2.05) is 18.2 Å². The number of fused-ring (bicyclic) bond motifs is 1. The Labute approximate surface area is 65.0 Å². The summed E-state index contributed by atoms with van der Waals surface area (Å²) < 4.78 is 0. The maximum Gasteiger partial charge on any atom is 0.142 e.